The summed E-state index contributed by atoms with van der Waals surface area (Å²) >= 11 is 6.00. The van der Waals surface area contributed by atoms with Crippen LogP contribution < -0.4 is 5.32 Å². The van der Waals surface area contributed by atoms with E-state index in [-0.39, 0.29) is 17.8 Å². The molecule has 0 amide bonds. The number of nitrogens with zero attached hydrogens (tertiary/aromatic N) is 1. The number of rotatable bonds is 2. The molecule has 0 saturated heterocycles. The first-order chi connectivity index (χ1) is 8.72. The molecule has 0 aromatic heterocycles. The number of para-hydroxylation sites is 1. The highest BCUT2D eigenvalue weighted by Gasteiger charge is 2.24. The maximum absolute atomic E-state index is 13.7. The van der Waals surface area contributed by atoms with Crippen molar-refractivity contribution in [3.05, 3.63) is 29.0 Å². The van der Waals surface area contributed by atoms with Gasteiger partial charge in [-0.05, 0) is 25.0 Å². The van der Waals surface area contributed by atoms with Crippen molar-refractivity contribution in [1.29, 1.82) is 5.26 Å². The molecule has 2 rings (SSSR count). The number of anilines is 1. The Morgan fingerprint density at radius 1 is 1.28 bits per heavy atom. The number of halogens is 2. The van der Waals surface area contributed by atoms with Gasteiger partial charge in [0.25, 0.3) is 0 Å². The fourth-order valence-corrected chi connectivity index (χ4v) is 2.67. The third-order valence-electron chi connectivity index (χ3n) is 3.47. The van der Waals surface area contributed by atoms with Gasteiger partial charge in [0.15, 0.2) is 0 Å². The molecule has 0 aliphatic heterocycles. The molecule has 1 saturated carbocycles. The Bertz CT molecular complexity index is 435. The van der Waals surface area contributed by atoms with Gasteiger partial charge in [0, 0.05) is 6.04 Å². The lowest BCUT2D eigenvalue weighted by atomic mass is 9.96. The number of nitriles is 1. The molecule has 0 spiro atoms. The molecule has 1 aromatic rings. The van der Waals surface area contributed by atoms with Crippen LogP contribution in [-0.4, -0.2) is 6.04 Å². The molecular weight excluding hydrogens is 251 g/mol. The van der Waals surface area contributed by atoms with Crippen molar-refractivity contribution in [3.63, 3.8) is 0 Å². The second-order valence-corrected chi connectivity index (χ2v) is 5.13. The van der Waals surface area contributed by atoms with Crippen LogP contribution in [0.15, 0.2) is 18.2 Å². The van der Waals surface area contributed by atoms with E-state index in [4.69, 9.17) is 11.6 Å². The van der Waals surface area contributed by atoms with E-state index in [0.717, 1.165) is 32.1 Å². The van der Waals surface area contributed by atoms with Gasteiger partial charge in [0.2, 0.25) is 0 Å². The van der Waals surface area contributed by atoms with Gasteiger partial charge >= 0.3 is 0 Å². The van der Waals surface area contributed by atoms with Gasteiger partial charge in [-0.1, -0.05) is 36.9 Å². The van der Waals surface area contributed by atoms with Crippen molar-refractivity contribution < 1.29 is 4.39 Å². The van der Waals surface area contributed by atoms with Crippen molar-refractivity contribution in [2.45, 2.75) is 38.1 Å². The summed E-state index contributed by atoms with van der Waals surface area (Å²) in [7, 11) is 0. The van der Waals surface area contributed by atoms with Crippen molar-refractivity contribution in [2.75, 3.05) is 5.32 Å². The third-order valence-corrected chi connectivity index (χ3v) is 3.79. The number of hydrogen-bond acceptors (Lipinski definition) is 2. The topological polar surface area (TPSA) is 35.8 Å². The van der Waals surface area contributed by atoms with E-state index >= 15 is 0 Å². The zero-order valence-electron chi connectivity index (χ0n) is 10.1. The quantitative estimate of drug-likeness (QED) is 0.807. The molecule has 2 atom stereocenters. The van der Waals surface area contributed by atoms with Crippen LogP contribution in [0.5, 0.6) is 0 Å². The molecule has 0 heterocycles. The molecule has 96 valence electrons. The minimum atomic E-state index is -0.358. The van der Waals surface area contributed by atoms with E-state index in [2.05, 4.69) is 11.4 Å². The molecule has 4 heteroatoms. The van der Waals surface area contributed by atoms with Gasteiger partial charge in [-0.25, -0.2) is 4.39 Å². The van der Waals surface area contributed by atoms with Crippen molar-refractivity contribution in [3.8, 4) is 6.07 Å². The molecule has 0 radical (unpaired) electrons. The van der Waals surface area contributed by atoms with Gasteiger partial charge in [0.1, 0.15) is 5.82 Å². The number of hydrogen-bond donors (Lipinski definition) is 1. The summed E-state index contributed by atoms with van der Waals surface area (Å²) < 4.78 is 13.7. The number of nitrogens with one attached hydrogen (secondary N) is 1. The second-order valence-electron chi connectivity index (χ2n) is 4.72. The first-order valence-corrected chi connectivity index (χ1v) is 6.70. The fraction of sp³-hybridized carbons (Fsp3) is 0.500. The summed E-state index contributed by atoms with van der Waals surface area (Å²) in [6, 6.07) is 6.94. The van der Waals surface area contributed by atoms with E-state index < -0.39 is 0 Å². The van der Waals surface area contributed by atoms with E-state index in [1.165, 1.54) is 6.07 Å². The first kappa shape index (κ1) is 13.2. The Hall–Kier alpha value is -1.27. The lowest BCUT2D eigenvalue weighted by molar-refractivity contribution is 0.510. The molecule has 1 N–H and O–H groups in total. The van der Waals surface area contributed by atoms with Crippen LogP contribution in [-0.2, 0) is 0 Å². The summed E-state index contributed by atoms with van der Waals surface area (Å²) in [5.41, 5.74) is 0.325. The SMILES string of the molecule is N#CC1CCCCCC1Nc1c(F)cccc1Cl. The number of benzene rings is 1. The standard InChI is InChI=1S/C14H16ClFN2/c15-11-6-4-7-12(16)14(11)18-13-8-3-1-2-5-10(13)9-17/h4,6-7,10,13,18H,1-3,5,8H2. The largest absolute Gasteiger partial charge is 0.377 e. The maximum Gasteiger partial charge on any atom is 0.147 e. The van der Waals surface area contributed by atoms with E-state index in [0.29, 0.717) is 10.7 Å². The average molecular weight is 267 g/mol. The maximum atomic E-state index is 13.7. The van der Waals surface area contributed by atoms with E-state index in [1.807, 2.05) is 0 Å². The molecule has 2 nitrogen and oxygen atoms in total. The molecule has 1 aliphatic carbocycles. The van der Waals surface area contributed by atoms with Crippen molar-refractivity contribution in [1.82, 2.24) is 0 Å². The predicted molar refractivity (Wildman–Crippen MR) is 71.0 cm³/mol. The molecule has 1 aromatic carbocycles. The zero-order valence-corrected chi connectivity index (χ0v) is 10.9. The summed E-state index contributed by atoms with van der Waals surface area (Å²) in [5, 5.41) is 12.7. The summed E-state index contributed by atoms with van der Waals surface area (Å²) in [5.74, 6) is -0.424. The summed E-state index contributed by atoms with van der Waals surface area (Å²) in [6.07, 6.45) is 5.05. The van der Waals surface area contributed by atoms with E-state index in [9.17, 15) is 9.65 Å². The normalized spacial score (nSPS) is 24.1. The highest BCUT2D eigenvalue weighted by Crippen LogP contribution is 2.30. The lowest BCUT2D eigenvalue weighted by Gasteiger charge is -2.23. The van der Waals surface area contributed by atoms with Crippen LogP contribution in [0.4, 0.5) is 10.1 Å². The van der Waals surface area contributed by atoms with Gasteiger partial charge in [-0.3, -0.25) is 0 Å². The van der Waals surface area contributed by atoms with Crippen molar-refractivity contribution in [2.24, 2.45) is 5.92 Å². The first-order valence-electron chi connectivity index (χ1n) is 6.32. The molecule has 2 unspecified atom stereocenters. The minimum Gasteiger partial charge on any atom is -0.377 e. The highest BCUT2D eigenvalue weighted by molar-refractivity contribution is 6.33. The van der Waals surface area contributed by atoms with Gasteiger partial charge in [0.05, 0.1) is 22.7 Å². The Morgan fingerprint density at radius 2 is 2.06 bits per heavy atom. The minimum absolute atomic E-state index is 0.00750. The van der Waals surface area contributed by atoms with Crippen LogP contribution in [0.2, 0.25) is 5.02 Å². The Labute approximate surface area is 112 Å². The third kappa shape index (κ3) is 2.94. The van der Waals surface area contributed by atoms with Gasteiger partial charge in [-0.2, -0.15) is 5.26 Å². The zero-order chi connectivity index (χ0) is 13.0. The van der Waals surface area contributed by atoms with Gasteiger partial charge < -0.3 is 5.32 Å². The van der Waals surface area contributed by atoms with E-state index in [1.54, 1.807) is 12.1 Å². The summed E-state index contributed by atoms with van der Waals surface area (Å²) in [6.45, 7) is 0. The van der Waals surface area contributed by atoms with Crippen LogP contribution in [0.1, 0.15) is 32.1 Å². The Balaban J connectivity index is 2.18. The average Bonchev–Trinajstić information content (AvgIpc) is 2.59. The second kappa shape index (κ2) is 6.06. The molecule has 1 fully saturated rings. The van der Waals surface area contributed by atoms with Crippen LogP contribution in [0, 0.1) is 23.1 Å². The van der Waals surface area contributed by atoms with Crippen LogP contribution in [0.25, 0.3) is 0 Å². The van der Waals surface area contributed by atoms with Crippen molar-refractivity contribution >= 4 is 17.3 Å². The molecular formula is C14H16ClFN2. The Morgan fingerprint density at radius 3 is 2.78 bits per heavy atom. The summed E-state index contributed by atoms with van der Waals surface area (Å²) in [4.78, 5) is 0. The molecule has 18 heavy (non-hydrogen) atoms. The smallest absolute Gasteiger partial charge is 0.147 e. The van der Waals surface area contributed by atoms with Gasteiger partial charge in [-0.15, -0.1) is 0 Å². The van der Waals surface area contributed by atoms with Crippen LogP contribution >= 0.6 is 11.6 Å². The monoisotopic (exact) mass is 266 g/mol. The molecule has 0 bridgehead atoms. The van der Waals surface area contributed by atoms with Crippen LogP contribution in [0.3, 0.4) is 0 Å². The highest BCUT2D eigenvalue weighted by atomic mass is 35.5. The lowest BCUT2D eigenvalue weighted by Crippen LogP contribution is -2.27. The predicted octanol–water partition coefficient (Wildman–Crippen LogP) is 4.36. The molecule has 1 aliphatic rings. The fourth-order valence-electron chi connectivity index (χ4n) is 2.46. The Kier molecular flexibility index (Phi) is 4.43.